The molecule has 3 aliphatic rings. The summed E-state index contributed by atoms with van der Waals surface area (Å²) in [5.74, 6) is -0.583. The van der Waals surface area contributed by atoms with Gasteiger partial charge in [-0.2, -0.15) is 0 Å². The monoisotopic (exact) mass is 419 g/mol. The quantitative estimate of drug-likeness (QED) is 0.731. The van der Waals surface area contributed by atoms with Gasteiger partial charge in [0.1, 0.15) is 6.61 Å². The standard InChI is InChI=1S/C26H29NO4/c28-24(29)26(18-8-2-1-3-9-18)14-15-27(17-26)25(30)31-16-23-21-12-6-4-10-19(21)20-11-5-7-13-22(20)23/h4-7,10-13,18,23H,1-3,8-9,14-17H2,(H,28,29). The molecule has 162 valence electrons. The second-order valence-electron chi connectivity index (χ2n) is 9.27. The van der Waals surface area contributed by atoms with Crippen LogP contribution in [0.4, 0.5) is 4.79 Å². The summed E-state index contributed by atoms with van der Waals surface area (Å²) in [6, 6.07) is 16.5. The topological polar surface area (TPSA) is 66.8 Å². The number of carbonyl (C=O) groups excluding carboxylic acids is 1. The minimum atomic E-state index is -0.813. The number of fused-ring (bicyclic) bond motifs is 3. The number of benzene rings is 2. The Morgan fingerprint density at radius 1 is 0.968 bits per heavy atom. The molecule has 5 heteroatoms. The molecule has 1 saturated carbocycles. The van der Waals surface area contributed by atoms with Crippen molar-refractivity contribution in [3.8, 4) is 11.1 Å². The van der Waals surface area contributed by atoms with Gasteiger partial charge in [0.15, 0.2) is 0 Å². The number of hydrogen-bond donors (Lipinski definition) is 1. The van der Waals surface area contributed by atoms with Crippen molar-refractivity contribution in [3.63, 3.8) is 0 Å². The van der Waals surface area contributed by atoms with E-state index in [0.717, 1.165) is 25.7 Å². The third-order valence-corrected chi connectivity index (χ3v) is 7.71. The summed E-state index contributed by atoms with van der Waals surface area (Å²) in [6.45, 7) is 0.996. The van der Waals surface area contributed by atoms with Gasteiger partial charge in [-0.1, -0.05) is 67.8 Å². The third-order valence-electron chi connectivity index (χ3n) is 7.71. The molecule has 0 aromatic heterocycles. The van der Waals surface area contributed by atoms with Crippen LogP contribution in [0.2, 0.25) is 0 Å². The predicted molar refractivity (Wildman–Crippen MR) is 118 cm³/mol. The van der Waals surface area contributed by atoms with Crippen molar-refractivity contribution in [1.29, 1.82) is 0 Å². The zero-order valence-electron chi connectivity index (χ0n) is 17.8. The Hall–Kier alpha value is -2.82. The highest BCUT2D eigenvalue weighted by Gasteiger charge is 2.52. The number of likely N-dealkylation sites (tertiary alicyclic amines) is 1. The SMILES string of the molecule is O=C(OCC1c2ccccc2-c2ccccc21)N1CCC(C(=O)O)(C2CCCCC2)C1. The number of aliphatic carboxylic acids is 1. The summed E-state index contributed by atoms with van der Waals surface area (Å²) in [7, 11) is 0. The number of carbonyl (C=O) groups is 2. The van der Waals surface area contributed by atoms with Gasteiger partial charge in [-0.15, -0.1) is 0 Å². The normalized spacial score (nSPS) is 23.4. The highest BCUT2D eigenvalue weighted by Crippen LogP contribution is 2.46. The molecule has 1 aliphatic heterocycles. The van der Waals surface area contributed by atoms with E-state index in [-0.39, 0.29) is 31.1 Å². The Bertz CT molecular complexity index is 951. The Morgan fingerprint density at radius 2 is 1.58 bits per heavy atom. The van der Waals surface area contributed by atoms with Crippen molar-refractivity contribution in [2.75, 3.05) is 19.7 Å². The Balaban J connectivity index is 1.29. The number of carboxylic acids is 1. The van der Waals surface area contributed by atoms with Gasteiger partial charge in [-0.05, 0) is 47.4 Å². The van der Waals surface area contributed by atoms with E-state index in [4.69, 9.17) is 4.74 Å². The molecule has 2 aliphatic carbocycles. The molecule has 2 aromatic carbocycles. The van der Waals surface area contributed by atoms with Gasteiger partial charge in [-0.3, -0.25) is 4.79 Å². The molecular formula is C26H29NO4. The van der Waals surface area contributed by atoms with E-state index in [1.807, 2.05) is 24.3 Å². The lowest BCUT2D eigenvalue weighted by Gasteiger charge is -2.36. The first-order chi connectivity index (χ1) is 15.1. The van der Waals surface area contributed by atoms with Crippen LogP contribution in [0, 0.1) is 11.3 Å². The maximum Gasteiger partial charge on any atom is 0.409 e. The Kier molecular flexibility index (Phi) is 5.20. The first kappa shape index (κ1) is 20.1. The third kappa shape index (κ3) is 3.40. The number of amides is 1. The molecule has 0 radical (unpaired) electrons. The van der Waals surface area contributed by atoms with Gasteiger partial charge in [0.25, 0.3) is 0 Å². The summed E-state index contributed by atoms with van der Waals surface area (Å²) in [4.78, 5) is 26.8. The molecule has 5 nitrogen and oxygen atoms in total. The van der Waals surface area contributed by atoms with Crippen molar-refractivity contribution in [1.82, 2.24) is 4.90 Å². The van der Waals surface area contributed by atoms with E-state index in [0.29, 0.717) is 13.0 Å². The van der Waals surface area contributed by atoms with E-state index in [2.05, 4.69) is 24.3 Å². The van der Waals surface area contributed by atoms with E-state index >= 15 is 0 Å². The van der Waals surface area contributed by atoms with Gasteiger partial charge in [0.05, 0.1) is 5.41 Å². The largest absolute Gasteiger partial charge is 0.481 e. The van der Waals surface area contributed by atoms with Crippen molar-refractivity contribution < 1.29 is 19.4 Å². The van der Waals surface area contributed by atoms with Crippen LogP contribution in [-0.4, -0.2) is 41.8 Å². The van der Waals surface area contributed by atoms with E-state index in [1.54, 1.807) is 4.90 Å². The van der Waals surface area contributed by atoms with Crippen LogP contribution in [0.3, 0.4) is 0 Å². The zero-order valence-corrected chi connectivity index (χ0v) is 17.8. The number of nitrogens with zero attached hydrogens (tertiary/aromatic N) is 1. The van der Waals surface area contributed by atoms with Crippen molar-refractivity contribution >= 4 is 12.1 Å². The number of rotatable bonds is 4. The van der Waals surface area contributed by atoms with Gasteiger partial charge in [0, 0.05) is 19.0 Å². The van der Waals surface area contributed by atoms with Crippen LogP contribution >= 0.6 is 0 Å². The van der Waals surface area contributed by atoms with Crippen LogP contribution < -0.4 is 0 Å². The fraction of sp³-hybridized carbons (Fsp3) is 0.462. The molecule has 1 unspecified atom stereocenters. The van der Waals surface area contributed by atoms with E-state index in [9.17, 15) is 14.7 Å². The molecular weight excluding hydrogens is 390 g/mol. The average Bonchev–Trinajstić information content (AvgIpc) is 3.40. The first-order valence-electron chi connectivity index (χ1n) is 11.4. The van der Waals surface area contributed by atoms with Gasteiger partial charge < -0.3 is 14.7 Å². The minimum absolute atomic E-state index is 0.0153. The van der Waals surface area contributed by atoms with Crippen molar-refractivity contribution in [2.45, 2.75) is 44.4 Å². The van der Waals surface area contributed by atoms with E-state index < -0.39 is 11.4 Å². The molecule has 1 amide bonds. The maximum atomic E-state index is 12.9. The van der Waals surface area contributed by atoms with Crippen LogP contribution in [0.5, 0.6) is 0 Å². The average molecular weight is 420 g/mol. The fourth-order valence-corrected chi connectivity index (χ4v) is 6.01. The molecule has 2 fully saturated rings. The molecule has 1 atom stereocenters. The number of ether oxygens (including phenoxy) is 1. The molecule has 0 spiro atoms. The zero-order chi connectivity index (χ0) is 21.4. The van der Waals surface area contributed by atoms with Crippen LogP contribution in [0.25, 0.3) is 11.1 Å². The highest BCUT2D eigenvalue weighted by atomic mass is 16.6. The summed E-state index contributed by atoms with van der Waals surface area (Å²) >= 11 is 0. The lowest BCUT2D eigenvalue weighted by atomic mass is 9.68. The first-order valence-corrected chi connectivity index (χ1v) is 11.4. The van der Waals surface area contributed by atoms with Crippen LogP contribution in [0.15, 0.2) is 48.5 Å². The predicted octanol–water partition coefficient (Wildman–Crippen LogP) is 5.29. The molecule has 1 saturated heterocycles. The number of hydrogen-bond acceptors (Lipinski definition) is 3. The summed E-state index contributed by atoms with van der Waals surface area (Å²) in [6.07, 6.45) is 5.39. The van der Waals surface area contributed by atoms with Gasteiger partial charge in [0.2, 0.25) is 0 Å². The molecule has 2 aromatic rings. The summed E-state index contributed by atoms with van der Waals surface area (Å²) in [5, 5.41) is 10.1. The second-order valence-corrected chi connectivity index (χ2v) is 9.27. The maximum absolute atomic E-state index is 12.9. The van der Waals surface area contributed by atoms with Crippen LogP contribution in [-0.2, 0) is 9.53 Å². The lowest BCUT2D eigenvalue weighted by Crippen LogP contribution is -2.43. The lowest BCUT2D eigenvalue weighted by molar-refractivity contribution is -0.152. The summed E-state index contributed by atoms with van der Waals surface area (Å²) < 4.78 is 5.78. The second kappa shape index (κ2) is 8.03. The van der Waals surface area contributed by atoms with Crippen molar-refractivity contribution in [2.24, 2.45) is 11.3 Å². The van der Waals surface area contributed by atoms with Gasteiger partial charge in [-0.25, -0.2) is 4.79 Å². The minimum Gasteiger partial charge on any atom is -0.481 e. The number of carboxylic acid groups (broad SMARTS) is 1. The Labute approximate surface area is 183 Å². The molecule has 5 rings (SSSR count). The molecule has 1 N–H and O–H groups in total. The molecule has 31 heavy (non-hydrogen) atoms. The highest BCUT2D eigenvalue weighted by molar-refractivity contribution is 5.80. The van der Waals surface area contributed by atoms with Gasteiger partial charge >= 0.3 is 12.1 Å². The fourth-order valence-electron chi connectivity index (χ4n) is 6.01. The molecule has 0 bridgehead atoms. The van der Waals surface area contributed by atoms with E-state index in [1.165, 1.54) is 28.7 Å². The Morgan fingerprint density at radius 3 is 2.19 bits per heavy atom. The molecule has 1 heterocycles. The summed E-state index contributed by atoms with van der Waals surface area (Å²) in [5.41, 5.74) is 3.94. The smallest absolute Gasteiger partial charge is 0.409 e. The van der Waals surface area contributed by atoms with Crippen molar-refractivity contribution in [3.05, 3.63) is 59.7 Å². The van der Waals surface area contributed by atoms with Crippen LogP contribution in [0.1, 0.15) is 55.6 Å².